The number of nitro benzene ring substituents is 1. The monoisotopic (exact) mass is 302 g/mol. The maximum Gasteiger partial charge on any atom is 0.292 e. The van der Waals surface area contributed by atoms with E-state index in [1.54, 1.807) is 9.80 Å². The van der Waals surface area contributed by atoms with Crippen LogP contribution in [0.3, 0.4) is 0 Å². The van der Waals surface area contributed by atoms with Crippen LogP contribution in [0.4, 0.5) is 11.4 Å². The lowest BCUT2D eigenvalue weighted by Gasteiger charge is -2.36. The molecule has 0 spiro atoms. The number of rotatable bonds is 4. The first-order valence-electron chi connectivity index (χ1n) is 7.13. The zero-order valence-corrected chi connectivity index (χ0v) is 12.7. The third-order valence-electron chi connectivity index (χ3n) is 3.55. The maximum atomic E-state index is 12.2. The fourth-order valence-corrected chi connectivity index (χ4v) is 2.55. The minimum Gasteiger partial charge on any atom is -0.355 e. The SMILES string of the molecule is CC(C)CN1CCN(c2cc(C#N)ccc2[N+](=O)[O-])CC1=O. The molecule has 1 amide bonds. The van der Waals surface area contributed by atoms with Crippen LogP contribution in [0.1, 0.15) is 19.4 Å². The van der Waals surface area contributed by atoms with Crippen molar-refractivity contribution in [3.8, 4) is 6.07 Å². The molecule has 1 aromatic carbocycles. The first-order chi connectivity index (χ1) is 10.4. The van der Waals surface area contributed by atoms with Gasteiger partial charge in [-0.25, -0.2) is 0 Å². The fraction of sp³-hybridized carbons (Fsp3) is 0.467. The van der Waals surface area contributed by atoms with E-state index in [0.717, 1.165) is 0 Å². The Morgan fingerprint density at radius 3 is 2.68 bits per heavy atom. The summed E-state index contributed by atoms with van der Waals surface area (Å²) in [5.41, 5.74) is 0.600. The van der Waals surface area contributed by atoms with Gasteiger partial charge in [0, 0.05) is 25.7 Å². The first-order valence-corrected chi connectivity index (χ1v) is 7.13. The second-order valence-corrected chi connectivity index (χ2v) is 5.73. The number of hydrogen-bond donors (Lipinski definition) is 0. The highest BCUT2D eigenvalue weighted by Crippen LogP contribution is 2.30. The molecule has 0 aliphatic carbocycles. The molecule has 1 aliphatic heterocycles. The predicted octanol–water partition coefficient (Wildman–Crippen LogP) is 1.77. The Labute approximate surface area is 128 Å². The van der Waals surface area contributed by atoms with Crippen LogP contribution >= 0.6 is 0 Å². The molecule has 0 bridgehead atoms. The van der Waals surface area contributed by atoms with Gasteiger partial charge in [-0.05, 0) is 18.1 Å². The molecule has 1 aliphatic rings. The number of nitrogens with zero attached hydrogens (tertiary/aromatic N) is 4. The molecule has 0 unspecified atom stereocenters. The number of anilines is 1. The van der Waals surface area contributed by atoms with Crippen LogP contribution in [0.15, 0.2) is 18.2 Å². The molecule has 1 heterocycles. The third-order valence-corrected chi connectivity index (χ3v) is 3.55. The summed E-state index contributed by atoms with van der Waals surface area (Å²) in [6.45, 7) is 5.93. The molecular formula is C15H18N4O3. The van der Waals surface area contributed by atoms with E-state index in [1.807, 2.05) is 19.9 Å². The van der Waals surface area contributed by atoms with Crippen molar-refractivity contribution in [2.45, 2.75) is 13.8 Å². The van der Waals surface area contributed by atoms with Crippen LogP contribution in [-0.2, 0) is 4.79 Å². The van der Waals surface area contributed by atoms with Crippen molar-refractivity contribution in [2.24, 2.45) is 5.92 Å². The smallest absolute Gasteiger partial charge is 0.292 e. The summed E-state index contributed by atoms with van der Waals surface area (Å²) >= 11 is 0. The van der Waals surface area contributed by atoms with Crippen LogP contribution in [0, 0.1) is 27.4 Å². The van der Waals surface area contributed by atoms with Gasteiger partial charge in [0.1, 0.15) is 5.69 Å². The number of amides is 1. The molecule has 0 saturated carbocycles. The number of nitro groups is 1. The van der Waals surface area contributed by atoms with E-state index in [0.29, 0.717) is 36.8 Å². The highest BCUT2D eigenvalue weighted by Gasteiger charge is 2.28. The topological polar surface area (TPSA) is 90.5 Å². The Balaban J connectivity index is 2.25. The molecule has 0 atom stereocenters. The van der Waals surface area contributed by atoms with Gasteiger partial charge in [0.05, 0.1) is 23.1 Å². The summed E-state index contributed by atoms with van der Waals surface area (Å²) in [6, 6.07) is 6.18. The highest BCUT2D eigenvalue weighted by atomic mass is 16.6. The number of nitriles is 1. The number of carbonyl (C=O) groups excluding carboxylic acids is 1. The van der Waals surface area contributed by atoms with Crippen molar-refractivity contribution in [3.63, 3.8) is 0 Å². The minimum atomic E-state index is -0.485. The summed E-state index contributed by atoms with van der Waals surface area (Å²) in [7, 11) is 0. The second kappa shape index (κ2) is 6.43. The zero-order chi connectivity index (χ0) is 16.3. The number of carbonyl (C=O) groups is 1. The van der Waals surface area contributed by atoms with Gasteiger partial charge >= 0.3 is 0 Å². The largest absolute Gasteiger partial charge is 0.355 e. The summed E-state index contributed by atoms with van der Waals surface area (Å²) in [6.07, 6.45) is 0. The minimum absolute atomic E-state index is 0.0448. The number of piperazine rings is 1. The molecule has 0 aromatic heterocycles. The van der Waals surface area contributed by atoms with Crippen LogP contribution in [0.25, 0.3) is 0 Å². The van der Waals surface area contributed by atoms with Gasteiger partial charge in [-0.15, -0.1) is 0 Å². The molecule has 0 radical (unpaired) electrons. The normalized spacial score (nSPS) is 15.1. The van der Waals surface area contributed by atoms with Gasteiger partial charge in [0.15, 0.2) is 0 Å². The lowest BCUT2D eigenvalue weighted by molar-refractivity contribution is -0.384. The van der Waals surface area contributed by atoms with E-state index in [9.17, 15) is 14.9 Å². The number of benzene rings is 1. The van der Waals surface area contributed by atoms with Crippen molar-refractivity contribution in [1.29, 1.82) is 5.26 Å². The van der Waals surface area contributed by atoms with Crippen molar-refractivity contribution >= 4 is 17.3 Å². The standard InChI is InChI=1S/C15H18N4O3/c1-11(2)9-18-6-5-17(10-15(18)20)14-7-12(8-16)3-4-13(14)19(21)22/h3-4,7,11H,5-6,9-10H2,1-2H3. The molecule has 7 nitrogen and oxygen atoms in total. The predicted molar refractivity (Wildman–Crippen MR) is 81.4 cm³/mol. The Kier molecular flexibility index (Phi) is 4.61. The Hall–Kier alpha value is -2.62. The van der Waals surface area contributed by atoms with E-state index < -0.39 is 4.92 Å². The molecule has 2 rings (SSSR count). The van der Waals surface area contributed by atoms with Crippen molar-refractivity contribution in [3.05, 3.63) is 33.9 Å². The average Bonchev–Trinajstić information content (AvgIpc) is 2.48. The van der Waals surface area contributed by atoms with Crippen molar-refractivity contribution < 1.29 is 9.72 Å². The van der Waals surface area contributed by atoms with E-state index >= 15 is 0 Å². The van der Waals surface area contributed by atoms with Gasteiger partial charge in [-0.2, -0.15) is 5.26 Å². The van der Waals surface area contributed by atoms with Crippen LogP contribution < -0.4 is 4.90 Å². The van der Waals surface area contributed by atoms with Gasteiger partial charge in [-0.3, -0.25) is 14.9 Å². The number of hydrogen-bond acceptors (Lipinski definition) is 5. The van der Waals surface area contributed by atoms with Gasteiger partial charge in [-0.1, -0.05) is 13.8 Å². The van der Waals surface area contributed by atoms with Crippen LogP contribution in [0.2, 0.25) is 0 Å². The third kappa shape index (κ3) is 3.34. The lowest BCUT2D eigenvalue weighted by atomic mass is 10.1. The lowest BCUT2D eigenvalue weighted by Crippen LogP contribution is -2.51. The molecular weight excluding hydrogens is 284 g/mol. The van der Waals surface area contributed by atoms with Crippen molar-refractivity contribution in [1.82, 2.24) is 4.90 Å². The summed E-state index contributed by atoms with van der Waals surface area (Å²) < 4.78 is 0. The van der Waals surface area contributed by atoms with E-state index in [4.69, 9.17) is 5.26 Å². The van der Waals surface area contributed by atoms with Gasteiger partial charge < -0.3 is 9.80 Å². The Morgan fingerprint density at radius 1 is 1.41 bits per heavy atom. The van der Waals surface area contributed by atoms with Gasteiger partial charge in [0.25, 0.3) is 5.69 Å². The Bertz CT molecular complexity index is 636. The van der Waals surface area contributed by atoms with E-state index in [2.05, 4.69) is 0 Å². The van der Waals surface area contributed by atoms with Crippen molar-refractivity contribution in [2.75, 3.05) is 31.1 Å². The summed E-state index contributed by atoms with van der Waals surface area (Å²) in [5.74, 6) is 0.336. The molecule has 22 heavy (non-hydrogen) atoms. The molecule has 7 heteroatoms. The fourth-order valence-electron chi connectivity index (χ4n) is 2.55. The maximum absolute atomic E-state index is 12.2. The van der Waals surface area contributed by atoms with Gasteiger partial charge in [0.2, 0.25) is 5.91 Å². The van der Waals surface area contributed by atoms with Crippen LogP contribution in [0.5, 0.6) is 0 Å². The zero-order valence-electron chi connectivity index (χ0n) is 12.7. The molecule has 116 valence electrons. The highest BCUT2D eigenvalue weighted by molar-refractivity contribution is 5.84. The Morgan fingerprint density at radius 2 is 2.14 bits per heavy atom. The van der Waals surface area contributed by atoms with Crippen LogP contribution in [-0.4, -0.2) is 41.9 Å². The second-order valence-electron chi connectivity index (χ2n) is 5.73. The molecule has 1 fully saturated rings. The molecule has 0 N–H and O–H groups in total. The molecule has 1 saturated heterocycles. The average molecular weight is 302 g/mol. The quantitative estimate of drug-likeness (QED) is 0.624. The molecule has 1 aromatic rings. The van der Waals surface area contributed by atoms with E-state index in [-0.39, 0.29) is 18.1 Å². The van der Waals surface area contributed by atoms with E-state index in [1.165, 1.54) is 18.2 Å². The first kappa shape index (κ1) is 15.8. The summed E-state index contributed by atoms with van der Waals surface area (Å²) in [5, 5.41) is 20.1. The summed E-state index contributed by atoms with van der Waals surface area (Å²) in [4.78, 5) is 26.3.